The van der Waals surface area contributed by atoms with Crippen molar-refractivity contribution in [2.24, 2.45) is 23.5 Å². The molecule has 3 atom stereocenters. The van der Waals surface area contributed by atoms with Gasteiger partial charge in [-0.25, -0.2) is 0 Å². The maximum atomic E-state index is 12.4. The Bertz CT molecular complexity index is 499. The molecule has 1 aromatic carbocycles. The Morgan fingerprint density at radius 3 is 2.48 bits per heavy atom. The molecule has 1 aliphatic rings. The highest BCUT2D eigenvalue weighted by molar-refractivity contribution is 5.85. The molecule has 1 aromatic rings. The van der Waals surface area contributed by atoms with E-state index in [1.165, 1.54) is 6.42 Å². The van der Waals surface area contributed by atoms with Crippen LogP contribution in [0.1, 0.15) is 38.8 Å². The summed E-state index contributed by atoms with van der Waals surface area (Å²) in [6.07, 6.45) is 1.17. The first-order chi connectivity index (χ1) is 11.0. The van der Waals surface area contributed by atoms with Crippen molar-refractivity contribution in [1.29, 1.82) is 0 Å². The third-order valence-electron chi connectivity index (χ3n) is 4.69. The maximum absolute atomic E-state index is 12.4. The smallest absolute Gasteiger partial charge is 0.224 e. The van der Waals surface area contributed by atoms with Crippen LogP contribution in [-0.2, 0) is 4.79 Å². The van der Waals surface area contributed by atoms with E-state index in [-0.39, 0.29) is 42.7 Å². The zero-order valence-electron chi connectivity index (χ0n) is 15.5. The van der Waals surface area contributed by atoms with E-state index < -0.39 is 0 Å². The predicted molar refractivity (Wildman–Crippen MR) is 109 cm³/mol. The molecule has 4 nitrogen and oxygen atoms in total. The number of carbonyl (C=O) groups excluding carboxylic acids is 1. The maximum Gasteiger partial charge on any atom is 0.224 e. The molecule has 144 valence electrons. The largest absolute Gasteiger partial charge is 0.355 e. The lowest BCUT2D eigenvalue weighted by Gasteiger charge is -2.21. The number of halogens is 2. The van der Waals surface area contributed by atoms with Gasteiger partial charge in [-0.05, 0) is 30.4 Å². The van der Waals surface area contributed by atoms with Crippen LogP contribution >= 0.6 is 24.8 Å². The first kappa shape index (κ1) is 24.2. The van der Waals surface area contributed by atoms with E-state index in [2.05, 4.69) is 24.1 Å². The van der Waals surface area contributed by atoms with Gasteiger partial charge in [-0.15, -0.1) is 24.8 Å². The molecule has 0 spiro atoms. The molecule has 1 aliphatic heterocycles. The predicted octanol–water partition coefficient (Wildman–Crippen LogP) is 3.26. The van der Waals surface area contributed by atoms with Gasteiger partial charge in [-0.1, -0.05) is 51.1 Å². The summed E-state index contributed by atoms with van der Waals surface area (Å²) >= 11 is 0. The van der Waals surface area contributed by atoms with E-state index in [4.69, 9.17) is 5.73 Å². The van der Waals surface area contributed by atoms with E-state index in [0.29, 0.717) is 11.8 Å². The Morgan fingerprint density at radius 1 is 1.24 bits per heavy atom. The average Bonchev–Trinajstić information content (AvgIpc) is 2.98. The summed E-state index contributed by atoms with van der Waals surface area (Å²) in [6, 6.07) is 9.59. The molecule has 2 rings (SSSR count). The third kappa shape index (κ3) is 7.53. The molecule has 0 aromatic heterocycles. The fourth-order valence-electron chi connectivity index (χ4n) is 3.29. The number of benzene rings is 1. The molecule has 25 heavy (non-hydrogen) atoms. The highest BCUT2D eigenvalue weighted by Gasteiger charge is 2.26. The van der Waals surface area contributed by atoms with Gasteiger partial charge in [-0.3, -0.25) is 4.79 Å². The van der Waals surface area contributed by atoms with Crippen molar-refractivity contribution in [2.45, 2.75) is 33.2 Å². The van der Waals surface area contributed by atoms with Crippen molar-refractivity contribution in [3.63, 3.8) is 0 Å². The first-order valence-corrected chi connectivity index (χ1v) is 8.78. The SMILES string of the molecule is CC(C)CN1CCC(CNC(=O)C(C)C(N)c2ccccc2)C1.Cl.Cl. The molecule has 1 amide bonds. The molecular formula is C19H33Cl2N3O. The second-order valence-corrected chi connectivity index (χ2v) is 7.28. The lowest BCUT2D eigenvalue weighted by atomic mass is 9.94. The number of rotatable bonds is 7. The van der Waals surface area contributed by atoms with Gasteiger partial charge in [0.25, 0.3) is 0 Å². The van der Waals surface area contributed by atoms with Crippen LogP contribution in [0.3, 0.4) is 0 Å². The van der Waals surface area contributed by atoms with Crippen molar-refractivity contribution >= 4 is 30.7 Å². The second kappa shape index (κ2) is 11.7. The summed E-state index contributed by atoms with van der Waals surface area (Å²) in [5.74, 6) is 1.11. The molecule has 3 N–H and O–H groups in total. The summed E-state index contributed by atoms with van der Waals surface area (Å²) in [6.45, 7) is 10.6. The van der Waals surface area contributed by atoms with Crippen LogP contribution in [0.25, 0.3) is 0 Å². The van der Waals surface area contributed by atoms with Crippen molar-refractivity contribution in [3.8, 4) is 0 Å². The van der Waals surface area contributed by atoms with Gasteiger partial charge in [-0.2, -0.15) is 0 Å². The van der Waals surface area contributed by atoms with Crippen molar-refractivity contribution in [2.75, 3.05) is 26.2 Å². The molecule has 0 radical (unpaired) electrons. The first-order valence-electron chi connectivity index (χ1n) is 8.78. The van der Waals surface area contributed by atoms with Crippen molar-refractivity contribution in [3.05, 3.63) is 35.9 Å². The molecule has 0 bridgehead atoms. The standard InChI is InChI=1S/C19H31N3O.2ClH/c1-14(2)12-22-10-9-16(13-22)11-21-19(23)15(3)18(20)17-7-5-4-6-8-17;;/h4-8,14-16,18H,9-13,20H2,1-3H3,(H,21,23);2*1H. The van der Waals surface area contributed by atoms with Crippen molar-refractivity contribution in [1.82, 2.24) is 10.2 Å². The van der Waals surface area contributed by atoms with Gasteiger partial charge in [0, 0.05) is 25.7 Å². The Labute approximate surface area is 164 Å². The van der Waals surface area contributed by atoms with Gasteiger partial charge in [0.2, 0.25) is 5.91 Å². The minimum Gasteiger partial charge on any atom is -0.355 e. The fourth-order valence-corrected chi connectivity index (χ4v) is 3.29. The number of amides is 1. The monoisotopic (exact) mass is 389 g/mol. The van der Waals surface area contributed by atoms with Gasteiger partial charge in [0.1, 0.15) is 0 Å². The molecule has 1 heterocycles. The van der Waals surface area contributed by atoms with Crippen LogP contribution in [0.2, 0.25) is 0 Å². The summed E-state index contributed by atoms with van der Waals surface area (Å²) in [7, 11) is 0. The molecule has 6 heteroatoms. The van der Waals surface area contributed by atoms with Crippen LogP contribution in [-0.4, -0.2) is 37.0 Å². The van der Waals surface area contributed by atoms with Gasteiger partial charge >= 0.3 is 0 Å². The number of nitrogens with one attached hydrogen (secondary N) is 1. The Balaban J connectivity index is 0.00000288. The van der Waals surface area contributed by atoms with E-state index in [1.54, 1.807) is 0 Å². The van der Waals surface area contributed by atoms with Crippen LogP contribution in [0.5, 0.6) is 0 Å². The van der Waals surface area contributed by atoms with Crippen molar-refractivity contribution < 1.29 is 4.79 Å². The molecule has 3 unspecified atom stereocenters. The minimum absolute atomic E-state index is 0. The number of nitrogens with zero attached hydrogens (tertiary/aromatic N) is 1. The summed E-state index contributed by atoms with van der Waals surface area (Å²) in [5.41, 5.74) is 7.24. The fraction of sp³-hybridized carbons (Fsp3) is 0.632. The topological polar surface area (TPSA) is 58.4 Å². The number of hydrogen-bond acceptors (Lipinski definition) is 3. The minimum atomic E-state index is -0.253. The number of nitrogens with two attached hydrogens (primary N) is 1. The Hall–Kier alpha value is -0.810. The number of hydrogen-bond donors (Lipinski definition) is 2. The molecule has 1 fully saturated rings. The van der Waals surface area contributed by atoms with Gasteiger partial charge in [0.15, 0.2) is 0 Å². The normalized spacial score (nSPS) is 19.6. The van der Waals surface area contributed by atoms with Crippen LogP contribution in [0.4, 0.5) is 0 Å². The molecule has 0 saturated carbocycles. The average molecular weight is 390 g/mol. The van der Waals surface area contributed by atoms with Crippen LogP contribution in [0.15, 0.2) is 30.3 Å². The molecule has 1 saturated heterocycles. The van der Waals surface area contributed by atoms with E-state index >= 15 is 0 Å². The lowest BCUT2D eigenvalue weighted by Crippen LogP contribution is -2.38. The third-order valence-corrected chi connectivity index (χ3v) is 4.69. The summed E-state index contributed by atoms with van der Waals surface area (Å²) < 4.78 is 0. The number of carbonyl (C=O) groups is 1. The molecular weight excluding hydrogens is 357 g/mol. The van der Waals surface area contributed by atoms with E-state index in [0.717, 1.165) is 31.7 Å². The highest BCUT2D eigenvalue weighted by atomic mass is 35.5. The highest BCUT2D eigenvalue weighted by Crippen LogP contribution is 2.20. The zero-order chi connectivity index (χ0) is 16.8. The zero-order valence-corrected chi connectivity index (χ0v) is 17.1. The Morgan fingerprint density at radius 2 is 1.88 bits per heavy atom. The van der Waals surface area contributed by atoms with Gasteiger partial charge < -0.3 is 16.0 Å². The van der Waals surface area contributed by atoms with Gasteiger partial charge in [0.05, 0.1) is 5.92 Å². The Kier molecular flexibility index (Phi) is 11.4. The lowest BCUT2D eigenvalue weighted by molar-refractivity contribution is -0.125. The van der Waals surface area contributed by atoms with Crippen LogP contribution < -0.4 is 11.1 Å². The summed E-state index contributed by atoms with van der Waals surface area (Å²) in [5, 5.41) is 3.10. The second-order valence-electron chi connectivity index (χ2n) is 7.28. The van der Waals surface area contributed by atoms with E-state index in [1.807, 2.05) is 37.3 Å². The van der Waals surface area contributed by atoms with Crippen LogP contribution in [0, 0.1) is 17.8 Å². The quantitative estimate of drug-likeness (QED) is 0.751. The summed E-state index contributed by atoms with van der Waals surface area (Å²) in [4.78, 5) is 14.9. The molecule has 0 aliphatic carbocycles. The van der Waals surface area contributed by atoms with E-state index in [9.17, 15) is 4.79 Å². The number of likely N-dealkylation sites (tertiary alicyclic amines) is 1.